The van der Waals surface area contributed by atoms with Crippen LogP contribution in [0.2, 0.25) is 0 Å². The summed E-state index contributed by atoms with van der Waals surface area (Å²) in [7, 11) is 1.55. The van der Waals surface area contributed by atoms with Gasteiger partial charge in [-0.3, -0.25) is 4.79 Å². The van der Waals surface area contributed by atoms with Gasteiger partial charge in [0.2, 0.25) is 0 Å². The summed E-state index contributed by atoms with van der Waals surface area (Å²) in [6.45, 7) is 3.05. The predicted molar refractivity (Wildman–Crippen MR) is 80.8 cm³/mol. The molecule has 2 atom stereocenters. The van der Waals surface area contributed by atoms with E-state index in [1.807, 2.05) is 6.92 Å². The van der Waals surface area contributed by atoms with Gasteiger partial charge in [-0.15, -0.1) is 0 Å². The number of para-hydroxylation sites is 1. The fraction of sp³-hybridized carbons (Fsp3) is 0.467. The van der Waals surface area contributed by atoms with Crippen molar-refractivity contribution in [2.45, 2.75) is 19.1 Å². The van der Waals surface area contributed by atoms with Crippen LogP contribution < -0.4 is 10.6 Å². The number of rotatable bonds is 4. The van der Waals surface area contributed by atoms with Crippen molar-refractivity contribution in [3.63, 3.8) is 0 Å². The number of hydrogen-bond acceptors (Lipinski definition) is 4. The van der Waals surface area contributed by atoms with E-state index in [1.54, 1.807) is 30.2 Å². The number of benzene rings is 1. The Hall–Kier alpha value is -2.28. The molecule has 0 spiro atoms. The number of phenolic OH excluding ortho intramolecular Hbond substituents is 1. The van der Waals surface area contributed by atoms with E-state index in [-0.39, 0.29) is 35.4 Å². The molecule has 1 fully saturated rings. The average Bonchev–Trinajstić information content (AvgIpc) is 2.90. The van der Waals surface area contributed by atoms with Crippen LogP contribution in [-0.2, 0) is 4.74 Å². The van der Waals surface area contributed by atoms with Crippen LogP contribution in [0.15, 0.2) is 24.3 Å². The summed E-state index contributed by atoms with van der Waals surface area (Å²) in [4.78, 5) is 25.7. The Labute approximate surface area is 129 Å². The zero-order valence-corrected chi connectivity index (χ0v) is 12.7. The first-order valence-corrected chi connectivity index (χ1v) is 7.21. The summed E-state index contributed by atoms with van der Waals surface area (Å²) in [6, 6.07) is 5.83. The summed E-state index contributed by atoms with van der Waals surface area (Å²) in [5, 5.41) is 15.2. The maximum atomic E-state index is 12.5. The molecule has 2 rings (SSSR count). The number of likely N-dealkylation sites (tertiary alicyclic amines) is 1. The molecule has 3 N–H and O–H groups in total. The monoisotopic (exact) mass is 307 g/mol. The second-order valence-electron chi connectivity index (χ2n) is 5.11. The molecule has 0 aromatic heterocycles. The van der Waals surface area contributed by atoms with E-state index in [1.165, 1.54) is 6.07 Å². The van der Waals surface area contributed by atoms with Crippen molar-refractivity contribution in [2.75, 3.05) is 26.7 Å². The first-order valence-electron chi connectivity index (χ1n) is 7.21. The maximum Gasteiger partial charge on any atom is 0.315 e. The lowest BCUT2D eigenvalue weighted by atomic mass is 10.2. The van der Waals surface area contributed by atoms with E-state index >= 15 is 0 Å². The lowest BCUT2D eigenvalue weighted by Crippen LogP contribution is -2.48. The molecular formula is C15H21N3O4. The zero-order valence-electron chi connectivity index (χ0n) is 12.7. The van der Waals surface area contributed by atoms with Crippen molar-refractivity contribution >= 4 is 11.9 Å². The summed E-state index contributed by atoms with van der Waals surface area (Å²) < 4.78 is 5.35. The molecule has 3 amide bonds. The standard InChI is InChI=1S/C15H21N3O4/c1-3-16-15(21)17-11-8-18(9-13(11)22-2)14(20)10-6-4-5-7-12(10)19/h4-7,11,13,19H,3,8-9H2,1-2H3,(H2,16,17,21)/t11?,13-/m0/s1. The highest BCUT2D eigenvalue weighted by molar-refractivity contribution is 5.97. The Bertz CT molecular complexity index is 549. The van der Waals surface area contributed by atoms with Crippen molar-refractivity contribution in [2.24, 2.45) is 0 Å². The second kappa shape index (κ2) is 7.13. The lowest BCUT2D eigenvalue weighted by Gasteiger charge is -2.18. The number of carbonyl (C=O) groups excluding carboxylic acids is 2. The number of phenols is 1. The van der Waals surface area contributed by atoms with Crippen molar-refractivity contribution in [1.29, 1.82) is 0 Å². The van der Waals surface area contributed by atoms with Gasteiger partial charge in [0.15, 0.2) is 0 Å². The minimum absolute atomic E-state index is 0.0541. The largest absolute Gasteiger partial charge is 0.507 e. The van der Waals surface area contributed by atoms with Crippen LogP contribution in [0.3, 0.4) is 0 Å². The first-order chi connectivity index (χ1) is 10.6. The molecule has 1 aliphatic heterocycles. The zero-order chi connectivity index (χ0) is 16.1. The van der Waals surface area contributed by atoms with E-state index in [9.17, 15) is 14.7 Å². The number of nitrogens with one attached hydrogen (secondary N) is 2. The summed E-state index contributed by atoms with van der Waals surface area (Å²) in [5.41, 5.74) is 0.246. The fourth-order valence-corrected chi connectivity index (χ4v) is 2.52. The Balaban J connectivity index is 2.06. The highest BCUT2D eigenvalue weighted by atomic mass is 16.5. The molecule has 1 unspecified atom stereocenters. The molecule has 0 saturated carbocycles. The lowest BCUT2D eigenvalue weighted by molar-refractivity contribution is 0.0707. The fourth-order valence-electron chi connectivity index (χ4n) is 2.52. The van der Waals surface area contributed by atoms with E-state index in [0.29, 0.717) is 19.6 Å². The molecule has 1 aromatic rings. The third kappa shape index (κ3) is 3.48. The van der Waals surface area contributed by atoms with E-state index in [2.05, 4.69) is 10.6 Å². The van der Waals surface area contributed by atoms with Crippen molar-refractivity contribution < 1.29 is 19.4 Å². The van der Waals surface area contributed by atoms with Crippen LogP contribution in [0, 0.1) is 0 Å². The van der Waals surface area contributed by atoms with Gasteiger partial charge in [-0.1, -0.05) is 12.1 Å². The molecule has 0 bridgehead atoms. The van der Waals surface area contributed by atoms with Crippen LogP contribution >= 0.6 is 0 Å². The third-order valence-corrected chi connectivity index (χ3v) is 3.64. The van der Waals surface area contributed by atoms with Gasteiger partial charge in [-0.05, 0) is 19.1 Å². The number of hydrogen-bond donors (Lipinski definition) is 3. The Morgan fingerprint density at radius 1 is 1.36 bits per heavy atom. The van der Waals surface area contributed by atoms with Gasteiger partial charge in [0.25, 0.3) is 5.91 Å². The minimum Gasteiger partial charge on any atom is -0.507 e. The highest BCUT2D eigenvalue weighted by Crippen LogP contribution is 2.21. The third-order valence-electron chi connectivity index (χ3n) is 3.64. The average molecular weight is 307 g/mol. The number of ether oxygens (including phenoxy) is 1. The minimum atomic E-state index is -0.286. The van der Waals surface area contributed by atoms with Gasteiger partial charge in [0.05, 0.1) is 17.7 Å². The van der Waals surface area contributed by atoms with Gasteiger partial charge >= 0.3 is 6.03 Å². The van der Waals surface area contributed by atoms with Crippen molar-refractivity contribution in [3.05, 3.63) is 29.8 Å². The second-order valence-corrected chi connectivity index (χ2v) is 5.11. The SMILES string of the molecule is CCNC(=O)NC1CN(C(=O)c2ccccc2O)C[C@@H]1OC. The summed E-state index contributed by atoms with van der Waals surface area (Å²) in [6.07, 6.45) is -0.280. The van der Waals surface area contributed by atoms with Gasteiger partial charge in [0, 0.05) is 26.7 Å². The topological polar surface area (TPSA) is 90.9 Å². The van der Waals surface area contributed by atoms with Crippen LogP contribution in [-0.4, -0.2) is 60.8 Å². The Morgan fingerprint density at radius 2 is 2.09 bits per heavy atom. The molecule has 1 saturated heterocycles. The molecule has 7 heteroatoms. The van der Waals surface area contributed by atoms with Crippen molar-refractivity contribution in [1.82, 2.24) is 15.5 Å². The van der Waals surface area contributed by atoms with Gasteiger partial charge in [-0.2, -0.15) is 0 Å². The molecule has 1 aliphatic rings. The molecule has 7 nitrogen and oxygen atoms in total. The molecule has 0 radical (unpaired) electrons. The molecule has 1 heterocycles. The van der Waals surface area contributed by atoms with E-state index < -0.39 is 0 Å². The predicted octanol–water partition coefficient (Wildman–Crippen LogP) is 0.551. The Morgan fingerprint density at radius 3 is 2.73 bits per heavy atom. The van der Waals surface area contributed by atoms with Crippen LogP contribution in [0.1, 0.15) is 17.3 Å². The molecule has 0 aliphatic carbocycles. The normalized spacial score (nSPS) is 20.7. The van der Waals surface area contributed by atoms with E-state index in [0.717, 1.165) is 0 Å². The van der Waals surface area contributed by atoms with E-state index in [4.69, 9.17) is 4.74 Å². The van der Waals surface area contributed by atoms with Crippen LogP contribution in [0.4, 0.5) is 4.79 Å². The Kier molecular flexibility index (Phi) is 5.21. The molecule has 1 aromatic carbocycles. The number of amides is 3. The quantitative estimate of drug-likeness (QED) is 0.757. The number of methoxy groups -OCH3 is 1. The van der Waals surface area contributed by atoms with Crippen LogP contribution in [0.5, 0.6) is 5.75 Å². The smallest absolute Gasteiger partial charge is 0.315 e. The van der Waals surface area contributed by atoms with Crippen LogP contribution in [0.25, 0.3) is 0 Å². The van der Waals surface area contributed by atoms with Gasteiger partial charge in [0.1, 0.15) is 5.75 Å². The highest BCUT2D eigenvalue weighted by Gasteiger charge is 2.37. The number of nitrogens with zero attached hydrogens (tertiary/aromatic N) is 1. The van der Waals surface area contributed by atoms with Crippen molar-refractivity contribution in [3.8, 4) is 5.75 Å². The van der Waals surface area contributed by atoms with Gasteiger partial charge in [-0.25, -0.2) is 4.79 Å². The number of urea groups is 1. The summed E-state index contributed by atoms with van der Waals surface area (Å²) in [5.74, 6) is -0.332. The number of carbonyl (C=O) groups is 2. The molecular weight excluding hydrogens is 286 g/mol. The van der Waals surface area contributed by atoms with Gasteiger partial charge < -0.3 is 25.4 Å². The molecule has 120 valence electrons. The first kappa shape index (κ1) is 16.1. The number of aromatic hydroxyl groups is 1. The summed E-state index contributed by atoms with van der Waals surface area (Å²) >= 11 is 0. The maximum absolute atomic E-state index is 12.5. The molecule has 22 heavy (non-hydrogen) atoms.